The van der Waals surface area contributed by atoms with Gasteiger partial charge in [-0.3, -0.25) is 9.59 Å². The number of hydrogen-bond donors (Lipinski definition) is 1. The number of rotatable bonds is 10. The van der Waals surface area contributed by atoms with Gasteiger partial charge in [0.25, 0.3) is 5.91 Å². The molecule has 30 heavy (non-hydrogen) atoms. The molecule has 2 rings (SSSR count). The maximum Gasteiger partial charge on any atom is 0.261 e. The van der Waals surface area contributed by atoms with Crippen LogP contribution in [0.5, 0.6) is 11.5 Å². The number of carbonyl (C=O) groups is 2. The van der Waals surface area contributed by atoms with Gasteiger partial charge >= 0.3 is 0 Å². The van der Waals surface area contributed by atoms with Gasteiger partial charge in [-0.2, -0.15) is 0 Å². The van der Waals surface area contributed by atoms with E-state index in [1.807, 2.05) is 69.3 Å². The van der Waals surface area contributed by atoms with Crippen LogP contribution in [0, 0.1) is 12.8 Å². The highest BCUT2D eigenvalue weighted by Gasteiger charge is 2.26. The predicted octanol–water partition coefficient (Wildman–Crippen LogP) is 3.57. The average Bonchev–Trinajstić information content (AvgIpc) is 2.73. The van der Waals surface area contributed by atoms with Crippen LogP contribution in [0.3, 0.4) is 0 Å². The molecule has 0 fully saturated rings. The molecule has 0 aliphatic carbocycles. The van der Waals surface area contributed by atoms with Crippen molar-refractivity contribution in [1.29, 1.82) is 0 Å². The van der Waals surface area contributed by atoms with Gasteiger partial charge in [-0.15, -0.1) is 0 Å². The van der Waals surface area contributed by atoms with Gasteiger partial charge in [-0.05, 0) is 55.2 Å². The zero-order valence-electron chi connectivity index (χ0n) is 18.5. The number of methoxy groups -OCH3 is 1. The number of amides is 2. The molecular weight excluding hydrogens is 380 g/mol. The first kappa shape index (κ1) is 23.3. The summed E-state index contributed by atoms with van der Waals surface area (Å²) >= 11 is 0. The molecule has 6 nitrogen and oxygen atoms in total. The number of nitrogens with zero attached hydrogens (tertiary/aromatic N) is 1. The summed E-state index contributed by atoms with van der Waals surface area (Å²) < 4.78 is 11.0. The van der Waals surface area contributed by atoms with Gasteiger partial charge in [0.15, 0.2) is 6.61 Å². The summed E-state index contributed by atoms with van der Waals surface area (Å²) in [4.78, 5) is 27.2. The molecule has 6 heteroatoms. The SMILES string of the molecule is COc1cccc(CN(C(=O)COc2cccc(C)c2)C(C)C(=O)NCC(C)C)c1. The highest BCUT2D eigenvalue weighted by Crippen LogP contribution is 2.17. The van der Waals surface area contributed by atoms with Gasteiger partial charge in [-0.25, -0.2) is 0 Å². The summed E-state index contributed by atoms with van der Waals surface area (Å²) in [6.45, 7) is 8.45. The van der Waals surface area contributed by atoms with Crippen LogP contribution in [0.4, 0.5) is 0 Å². The first-order valence-corrected chi connectivity index (χ1v) is 10.2. The second-order valence-corrected chi connectivity index (χ2v) is 7.79. The molecule has 0 radical (unpaired) electrons. The van der Waals surface area contributed by atoms with E-state index < -0.39 is 6.04 Å². The minimum absolute atomic E-state index is 0.144. The standard InChI is InChI=1S/C24H32N2O4/c1-17(2)14-25-24(28)19(4)26(15-20-9-7-10-21(13-20)29-5)23(27)16-30-22-11-6-8-18(3)12-22/h6-13,17,19H,14-16H2,1-5H3,(H,25,28). The van der Waals surface area contributed by atoms with Crippen molar-refractivity contribution in [1.82, 2.24) is 10.2 Å². The summed E-state index contributed by atoms with van der Waals surface area (Å²) in [5, 5.41) is 2.91. The molecule has 0 saturated heterocycles. The van der Waals surface area contributed by atoms with E-state index in [9.17, 15) is 9.59 Å². The third-order valence-electron chi connectivity index (χ3n) is 4.69. The summed E-state index contributed by atoms with van der Waals surface area (Å²) in [6, 6.07) is 14.4. The molecule has 1 N–H and O–H groups in total. The minimum Gasteiger partial charge on any atom is -0.497 e. The Morgan fingerprint density at radius 1 is 1.03 bits per heavy atom. The van der Waals surface area contributed by atoms with E-state index in [4.69, 9.17) is 9.47 Å². The molecule has 1 unspecified atom stereocenters. The Bertz CT molecular complexity index is 851. The van der Waals surface area contributed by atoms with Crippen molar-refractivity contribution < 1.29 is 19.1 Å². The Labute approximate surface area is 179 Å². The van der Waals surface area contributed by atoms with Crippen molar-refractivity contribution in [2.24, 2.45) is 5.92 Å². The molecule has 2 aromatic rings. The van der Waals surface area contributed by atoms with E-state index in [1.165, 1.54) is 0 Å². The van der Waals surface area contributed by atoms with Gasteiger partial charge < -0.3 is 19.7 Å². The number of nitrogens with one attached hydrogen (secondary N) is 1. The largest absolute Gasteiger partial charge is 0.497 e. The summed E-state index contributed by atoms with van der Waals surface area (Å²) in [6.07, 6.45) is 0. The maximum atomic E-state index is 13.0. The van der Waals surface area contributed by atoms with Gasteiger partial charge in [0, 0.05) is 13.1 Å². The van der Waals surface area contributed by atoms with Crippen molar-refractivity contribution in [3.8, 4) is 11.5 Å². The van der Waals surface area contributed by atoms with Crippen LogP contribution in [0.25, 0.3) is 0 Å². The van der Waals surface area contributed by atoms with Crippen molar-refractivity contribution in [2.45, 2.75) is 40.3 Å². The molecule has 2 aromatic carbocycles. The van der Waals surface area contributed by atoms with Crippen molar-refractivity contribution in [3.63, 3.8) is 0 Å². The first-order chi connectivity index (χ1) is 14.3. The lowest BCUT2D eigenvalue weighted by Crippen LogP contribution is -2.49. The Hall–Kier alpha value is -3.02. The molecule has 0 bridgehead atoms. The third-order valence-corrected chi connectivity index (χ3v) is 4.69. The quantitative estimate of drug-likeness (QED) is 0.648. The first-order valence-electron chi connectivity index (χ1n) is 10.2. The maximum absolute atomic E-state index is 13.0. The fraction of sp³-hybridized carbons (Fsp3) is 0.417. The van der Waals surface area contributed by atoms with Crippen LogP contribution in [0.15, 0.2) is 48.5 Å². The van der Waals surface area contributed by atoms with E-state index >= 15 is 0 Å². The molecule has 0 heterocycles. The molecule has 162 valence electrons. The second-order valence-electron chi connectivity index (χ2n) is 7.79. The normalized spacial score (nSPS) is 11.7. The topological polar surface area (TPSA) is 67.9 Å². The molecule has 0 aliphatic rings. The molecule has 0 aromatic heterocycles. The van der Waals surface area contributed by atoms with E-state index in [0.717, 1.165) is 11.1 Å². The molecule has 2 amide bonds. The van der Waals surface area contributed by atoms with Crippen LogP contribution in [-0.2, 0) is 16.1 Å². The Kier molecular flexibility index (Phi) is 8.71. The van der Waals surface area contributed by atoms with Crippen molar-refractivity contribution in [3.05, 3.63) is 59.7 Å². The lowest BCUT2D eigenvalue weighted by molar-refractivity contribution is -0.142. The number of benzene rings is 2. The fourth-order valence-corrected chi connectivity index (χ4v) is 2.94. The van der Waals surface area contributed by atoms with Crippen LogP contribution in [0.1, 0.15) is 31.9 Å². The van der Waals surface area contributed by atoms with Gasteiger partial charge in [0.05, 0.1) is 7.11 Å². The third kappa shape index (κ3) is 7.10. The number of aryl methyl sites for hydroxylation is 1. The smallest absolute Gasteiger partial charge is 0.261 e. The molecule has 0 aliphatic heterocycles. The van der Waals surface area contributed by atoms with Gasteiger partial charge in [0.2, 0.25) is 5.91 Å². The van der Waals surface area contributed by atoms with Crippen LogP contribution in [0.2, 0.25) is 0 Å². The Morgan fingerprint density at radius 3 is 2.40 bits per heavy atom. The summed E-state index contributed by atoms with van der Waals surface area (Å²) in [5.41, 5.74) is 1.93. The van der Waals surface area contributed by atoms with Gasteiger partial charge in [0.1, 0.15) is 17.5 Å². The predicted molar refractivity (Wildman–Crippen MR) is 118 cm³/mol. The Balaban J connectivity index is 2.15. The lowest BCUT2D eigenvalue weighted by atomic mass is 10.1. The Morgan fingerprint density at radius 2 is 1.73 bits per heavy atom. The van der Waals surface area contributed by atoms with E-state index in [0.29, 0.717) is 24.0 Å². The molecule has 1 atom stereocenters. The molecule has 0 saturated carbocycles. The summed E-state index contributed by atoms with van der Waals surface area (Å²) in [7, 11) is 1.60. The lowest BCUT2D eigenvalue weighted by Gasteiger charge is -2.29. The highest BCUT2D eigenvalue weighted by atomic mass is 16.5. The van der Waals surface area contributed by atoms with Crippen LogP contribution in [-0.4, -0.2) is 43.0 Å². The molecule has 0 spiro atoms. The van der Waals surface area contributed by atoms with Crippen LogP contribution < -0.4 is 14.8 Å². The van der Waals surface area contributed by atoms with Crippen molar-refractivity contribution in [2.75, 3.05) is 20.3 Å². The monoisotopic (exact) mass is 412 g/mol. The van der Waals surface area contributed by atoms with E-state index in [1.54, 1.807) is 18.9 Å². The number of carbonyl (C=O) groups excluding carboxylic acids is 2. The van der Waals surface area contributed by atoms with Crippen LogP contribution >= 0.6 is 0 Å². The second kappa shape index (κ2) is 11.2. The highest BCUT2D eigenvalue weighted by molar-refractivity contribution is 5.88. The number of hydrogen-bond acceptors (Lipinski definition) is 4. The van der Waals surface area contributed by atoms with Crippen molar-refractivity contribution >= 4 is 11.8 Å². The average molecular weight is 413 g/mol. The zero-order valence-corrected chi connectivity index (χ0v) is 18.5. The minimum atomic E-state index is -0.636. The number of ether oxygens (including phenoxy) is 2. The fourth-order valence-electron chi connectivity index (χ4n) is 2.94. The molecular formula is C24H32N2O4. The van der Waals surface area contributed by atoms with E-state index in [2.05, 4.69) is 5.32 Å². The zero-order chi connectivity index (χ0) is 22.1. The summed E-state index contributed by atoms with van der Waals surface area (Å²) in [5.74, 6) is 1.21. The van der Waals surface area contributed by atoms with E-state index in [-0.39, 0.29) is 25.0 Å². The van der Waals surface area contributed by atoms with Gasteiger partial charge in [-0.1, -0.05) is 38.1 Å².